The number of sulfone groups is 1. The Bertz CT molecular complexity index is 1370. The number of carbonyl (C=O) groups excluding carboxylic acids is 2. The summed E-state index contributed by atoms with van der Waals surface area (Å²) < 4.78 is 45.4. The van der Waals surface area contributed by atoms with Crippen molar-refractivity contribution >= 4 is 21.9 Å². The molecule has 9 heteroatoms. The van der Waals surface area contributed by atoms with Crippen LogP contribution in [0.1, 0.15) is 53.0 Å². The van der Waals surface area contributed by atoms with Crippen LogP contribution in [0.3, 0.4) is 0 Å². The first kappa shape index (κ1) is 30.8. The van der Waals surface area contributed by atoms with Gasteiger partial charge < -0.3 is 14.2 Å². The van der Waals surface area contributed by atoms with Gasteiger partial charge in [0, 0.05) is 0 Å². The van der Waals surface area contributed by atoms with Crippen molar-refractivity contribution in [2.45, 2.75) is 87.5 Å². The second-order valence-corrected chi connectivity index (χ2v) is 14.5. The van der Waals surface area contributed by atoms with Crippen molar-refractivity contribution in [3.05, 3.63) is 78.4 Å². The highest BCUT2D eigenvalue weighted by Gasteiger charge is 2.56. The summed E-state index contributed by atoms with van der Waals surface area (Å²) >= 11 is 0. The Morgan fingerprint density at radius 1 is 1.05 bits per heavy atom. The lowest BCUT2D eigenvalue weighted by atomic mass is 9.86. The molecule has 4 rings (SSSR count). The topological polar surface area (TPSA) is 99.2 Å². The van der Waals surface area contributed by atoms with E-state index in [9.17, 15) is 18.0 Å². The predicted octanol–water partition coefficient (Wildman–Crippen LogP) is 5.57. The van der Waals surface area contributed by atoms with Gasteiger partial charge in [-0.25, -0.2) is 13.2 Å². The largest absolute Gasteiger partial charge is 0.469 e. The fourth-order valence-electron chi connectivity index (χ4n) is 6.26. The highest BCUT2D eigenvalue weighted by Crippen LogP contribution is 2.47. The van der Waals surface area contributed by atoms with Crippen LogP contribution >= 0.6 is 0 Å². The molecule has 0 radical (unpaired) electrons. The van der Waals surface area contributed by atoms with E-state index in [4.69, 9.17) is 14.2 Å². The normalized spacial score (nSPS) is 26.1. The Kier molecular flexibility index (Phi) is 8.71. The number of methoxy groups -OCH3 is 1. The molecule has 1 saturated heterocycles. The lowest BCUT2D eigenvalue weighted by Gasteiger charge is -2.35. The molecular formula is C32H41NO7S. The molecule has 5 atom stereocenters. The Balaban J connectivity index is 1.76. The molecule has 1 aliphatic carbocycles. The van der Waals surface area contributed by atoms with Gasteiger partial charge in [-0.05, 0) is 77.5 Å². The van der Waals surface area contributed by atoms with Gasteiger partial charge in [-0.2, -0.15) is 0 Å². The van der Waals surface area contributed by atoms with E-state index in [-0.39, 0.29) is 17.7 Å². The van der Waals surface area contributed by atoms with Gasteiger partial charge in [0.05, 0.1) is 35.3 Å². The van der Waals surface area contributed by atoms with E-state index in [1.807, 2.05) is 51.1 Å². The zero-order valence-corrected chi connectivity index (χ0v) is 25.5. The molecule has 0 N–H and O–H groups in total. The molecular weight excluding hydrogens is 542 g/mol. The Labute approximate surface area is 243 Å². The van der Waals surface area contributed by atoms with Gasteiger partial charge in [-0.1, -0.05) is 60.7 Å². The molecule has 1 amide bonds. The summed E-state index contributed by atoms with van der Waals surface area (Å²) in [4.78, 5) is 28.4. The van der Waals surface area contributed by atoms with Crippen LogP contribution in [-0.4, -0.2) is 61.2 Å². The Hall–Kier alpha value is -3.17. The van der Waals surface area contributed by atoms with Crippen molar-refractivity contribution in [3.63, 3.8) is 0 Å². The van der Waals surface area contributed by atoms with Gasteiger partial charge in [0.2, 0.25) is 0 Å². The number of rotatable bonds is 7. The first-order chi connectivity index (χ1) is 19.2. The molecule has 1 heterocycles. The minimum absolute atomic E-state index is 0.172. The average Bonchev–Trinajstić information content (AvgIpc) is 3.36. The minimum atomic E-state index is -3.88. The van der Waals surface area contributed by atoms with Crippen LogP contribution in [0.4, 0.5) is 4.79 Å². The number of esters is 1. The summed E-state index contributed by atoms with van der Waals surface area (Å²) in [6.07, 6.45) is -0.242. The van der Waals surface area contributed by atoms with Gasteiger partial charge in [-0.3, -0.25) is 9.69 Å². The molecule has 222 valence electrons. The first-order valence-electron chi connectivity index (χ1n) is 13.9. The highest BCUT2D eigenvalue weighted by atomic mass is 32.2. The molecule has 1 aliphatic heterocycles. The maximum absolute atomic E-state index is 14.0. The molecule has 0 aromatic heterocycles. The maximum atomic E-state index is 14.0. The molecule has 2 aliphatic rings. The van der Waals surface area contributed by atoms with Gasteiger partial charge >= 0.3 is 12.1 Å². The van der Waals surface area contributed by atoms with Crippen molar-refractivity contribution in [1.82, 2.24) is 4.90 Å². The smallest absolute Gasteiger partial charge is 0.412 e. The Morgan fingerprint density at radius 2 is 1.63 bits per heavy atom. The highest BCUT2D eigenvalue weighted by molar-refractivity contribution is 7.92. The third-order valence-corrected chi connectivity index (χ3v) is 10.1. The van der Waals surface area contributed by atoms with Crippen LogP contribution in [0.2, 0.25) is 0 Å². The zero-order valence-electron chi connectivity index (χ0n) is 24.7. The molecule has 41 heavy (non-hydrogen) atoms. The third kappa shape index (κ3) is 6.51. The van der Waals surface area contributed by atoms with Gasteiger partial charge in [0.1, 0.15) is 11.3 Å². The SMILES string of the molecule is C=C1CC(C(=O)OC)C(CC2OC(C)(C)N(C(=O)OC(C)(C)C)C2Cc2ccccc2)C1S(=O)(=O)c1ccccc1. The summed E-state index contributed by atoms with van der Waals surface area (Å²) in [5.41, 5.74) is -0.311. The van der Waals surface area contributed by atoms with Crippen LogP contribution in [-0.2, 0) is 35.3 Å². The van der Waals surface area contributed by atoms with Crippen LogP contribution < -0.4 is 0 Å². The molecule has 2 aromatic carbocycles. The standard InChI is InChI=1S/C32H41NO7S/c1-21-18-25(29(34)38-7)24(28(21)41(36,37)23-16-12-9-13-17-23)20-27-26(19-22-14-10-8-11-15-22)33(32(5,6)39-27)30(35)40-31(2,3)4/h8-17,24-28H,1,18-20H2,2-7H3. The number of benzene rings is 2. The molecule has 2 fully saturated rings. The van der Waals surface area contributed by atoms with E-state index in [0.29, 0.717) is 12.0 Å². The van der Waals surface area contributed by atoms with Crippen molar-refractivity contribution in [1.29, 1.82) is 0 Å². The number of carbonyl (C=O) groups is 2. The number of nitrogens with zero attached hydrogens (tertiary/aromatic N) is 1. The van der Waals surface area contributed by atoms with Crippen molar-refractivity contribution in [2.75, 3.05) is 7.11 Å². The van der Waals surface area contributed by atoms with Crippen LogP contribution in [0, 0.1) is 11.8 Å². The van der Waals surface area contributed by atoms with Gasteiger partial charge in [-0.15, -0.1) is 0 Å². The van der Waals surface area contributed by atoms with Gasteiger partial charge in [0.25, 0.3) is 0 Å². The maximum Gasteiger partial charge on any atom is 0.412 e. The number of hydrogen-bond donors (Lipinski definition) is 0. The van der Waals surface area contributed by atoms with Crippen LogP contribution in [0.25, 0.3) is 0 Å². The van der Waals surface area contributed by atoms with Crippen molar-refractivity contribution < 1.29 is 32.2 Å². The lowest BCUT2D eigenvalue weighted by molar-refractivity contribution is -0.147. The average molecular weight is 584 g/mol. The lowest BCUT2D eigenvalue weighted by Crippen LogP contribution is -2.51. The van der Waals surface area contributed by atoms with Crippen LogP contribution in [0.15, 0.2) is 77.7 Å². The van der Waals surface area contributed by atoms with E-state index in [1.54, 1.807) is 49.1 Å². The van der Waals surface area contributed by atoms with E-state index in [1.165, 1.54) is 7.11 Å². The fourth-order valence-corrected chi connectivity index (χ4v) is 8.38. The summed E-state index contributed by atoms with van der Waals surface area (Å²) in [5.74, 6) is -1.86. The molecule has 2 aromatic rings. The van der Waals surface area contributed by atoms with E-state index in [0.717, 1.165) is 5.56 Å². The zero-order chi connectivity index (χ0) is 30.2. The van der Waals surface area contributed by atoms with Gasteiger partial charge in [0.15, 0.2) is 9.84 Å². The molecule has 5 unspecified atom stereocenters. The van der Waals surface area contributed by atoms with E-state index < -0.39 is 62.5 Å². The third-order valence-electron chi connectivity index (χ3n) is 7.86. The van der Waals surface area contributed by atoms with E-state index in [2.05, 4.69) is 6.58 Å². The second kappa shape index (κ2) is 11.6. The van der Waals surface area contributed by atoms with Crippen molar-refractivity contribution in [2.24, 2.45) is 11.8 Å². The molecule has 8 nitrogen and oxygen atoms in total. The first-order valence-corrected chi connectivity index (χ1v) is 15.5. The molecule has 1 saturated carbocycles. The second-order valence-electron chi connectivity index (χ2n) is 12.4. The Morgan fingerprint density at radius 3 is 2.20 bits per heavy atom. The number of ether oxygens (including phenoxy) is 3. The summed E-state index contributed by atoms with van der Waals surface area (Å²) in [6, 6.07) is 17.5. The molecule has 0 spiro atoms. The number of amides is 1. The monoisotopic (exact) mass is 583 g/mol. The molecule has 0 bridgehead atoms. The predicted molar refractivity (Wildman–Crippen MR) is 156 cm³/mol. The summed E-state index contributed by atoms with van der Waals surface area (Å²) in [5, 5.41) is -1.01. The summed E-state index contributed by atoms with van der Waals surface area (Å²) in [7, 11) is -2.58. The quantitative estimate of drug-likeness (QED) is 0.311. The van der Waals surface area contributed by atoms with Crippen LogP contribution in [0.5, 0.6) is 0 Å². The van der Waals surface area contributed by atoms with Crippen molar-refractivity contribution in [3.8, 4) is 0 Å². The summed E-state index contributed by atoms with van der Waals surface area (Å²) in [6.45, 7) is 13.1. The minimum Gasteiger partial charge on any atom is -0.469 e. The van der Waals surface area contributed by atoms with E-state index >= 15 is 0 Å². The number of hydrogen-bond acceptors (Lipinski definition) is 7. The fraction of sp³-hybridized carbons (Fsp3) is 0.500.